The zero-order chi connectivity index (χ0) is 17.7. The van der Waals surface area contributed by atoms with Crippen molar-refractivity contribution in [1.29, 1.82) is 0 Å². The summed E-state index contributed by atoms with van der Waals surface area (Å²) in [5, 5.41) is 10.2. The summed E-state index contributed by atoms with van der Waals surface area (Å²) < 4.78 is 6.06. The molecule has 0 bridgehead atoms. The standard InChI is InChI=1S/C19H34N4O2.HI/c1-3-20-18(22-14-8-9-17(24)21-13-14)23-15-12-16(25-4-2)19(15)10-6-5-7-11-19;/h14-16H,3-13H2,1-2H3,(H,21,24)(H2,20,22,23);1H. The van der Waals surface area contributed by atoms with Crippen molar-refractivity contribution < 1.29 is 9.53 Å². The van der Waals surface area contributed by atoms with Crippen molar-refractivity contribution in [2.75, 3.05) is 19.7 Å². The van der Waals surface area contributed by atoms with Gasteiger partial charge in [0.15, 0.2) is 5.96 Å². The minimum atomic E-state index is 0. The molecule has 150 valence electrons. The SMILES string of the molecule is CCN=C(NC1CCC(=O)NC1)NC1CC(OCC)C12CCCCC2.I. The van der Waals surface area contributed by atoms with E-state index in [0.29, 0.717) is 25.1 Å². The molecule has 0 radical (unpaired) electrons. The molecule has 0 aromatic rings. The van der Waals surface area contributed by atoms with Gasteiger partial charge in [0.1, 0.15) is 0 Å². The Morgan fingerprint density at radius 2 is 2.04 bits per heavy atom. The van der Waals surface area contributed by atoms with E-state index in [2.05, 4.69) is 34.8 Å². The van der Waals surface area contributed by atoms with Crippen molar-refractivity contribution in [1.82, 2.24) is 16.0 Å². The van der Waals surface area contributed by atoms with Crippen LogP contribution in [0.5, 0.6) is 0 Å². The molecular formula is C19H35IN4O2. The number of piperidine rings is 1. The quantitative estimate of drug-likeness (QED) is 0.323. The molecule has 3 N–H and O–H groups in total. The summed E-state index contributed by atoms with van der Waals surface area (Å²) in [5.41, 5.74) is 0.283. The van der Waals surface area contributed by atoms with Crippen LogP contribution >= 0.6 is 24.0 Å². The minimum Gasteiger partial charge on any atom is -0.378 e. The first-order valence-electron chi connectivity index (χ1n) is 10.1. The normalized spacial score (nSPS) is 30.8. The molecular weight excluding hydrogens is 443 g/mol. The molecule has 1 heterocycles. The van der Waals surface area contributed by atoms with Crippen LogP contribution < -0.4 is 16.0 Å². The average Bonchev–Trinajstić information content (AvgIpc) is 2.63. The molecule has 26 heavy (non-hydrogen) atoms. The fraction of sp³-hybridized carbons (Fsp3) is 0.895. The third-order valence-corrected chi connectivity index (χ3v) is 6.17. The molecule has 3 fully saturated rings. The Labute approximate surface area is 174 Å². The molecule has 1 amide bonds. The summed E-state index contributed by atoms with van der Waals surface area (Å²) in [6.07, 6.45) is 9.41. The Morgan fingerprint density at radius 1 is 1.27 bits per heavy atom. The van der Waals surface area contributed by atoms with Crippen LogP contribution in [0, 0.1) is 5.41 Å². The molecule has 3 aliphatic rings. The van der Waals surface area contributed by atoms with E-state index in [9.17, 15) is 4.79 Å². The van der Waals surface area contributed by atoms with Crippen molar-refractivity contribution in [3.05, 3.63) is 0 Å². The van der Waals surface area contributed by atoms with Crippen molar-refractivity contribution >= 4 is 35.8 Å². The van der Waals surface area contributed by atoms with Crippen LogP contribution in [-0.4, -0.2) is 49.8 Å². The number of aliphatic imine (C=N–C) groups is 1. The van der Waals surface area contributed by atoms with E-state index in [1.54, 1.807) is 0 Å². The van der Waals surface area contributed by atoms with E-state index in [0.717, 1.165) is 32.0 Å². The summed E-state index contributed by atoms with van der Waals surface area (Å²) in [7, 11) is 0. The van der Waals surface area contributed by atoms with Gasteiger partial charge in [-0.25, -0.2) is 0 Å². The minimum absolute atomic E-state index is 0. The Balaban J connectivity index is 0.00000243. The molecule has 6 nitrogen and oxygen atoms in total. The second-order valence-electron chi connectivity index (χ2n) is 7.68. The van der Waals surface area contributed by atoms with Gasteiger partial charge in [-0.3, -0.25) is 9.79 Å². The third-order valence-electron chi connectivity index (χ3n) is 6.17. The van der Waals surface area contributed by atoms with E-state index in [-0.39, 0.29) is 41.3 Å². The second-order valence-corrected chi connectivity index (χ2v) is 7.68. The highest BCUT2D eigenvalue weighted by molar-refractivity contribution is 14.0. The number of carbonyl (C=O) groups is 1. The van der Waals surface area contributed by atoms with Gasteiger partial charge in [0.05, 0.1) is 6.10 Å². The molecule has 0 aromatic heterocycles. The number of hydrogen-bond acceptors (Lipinski definition) is 3. The van der Waals surface area contributed by atoms with Crippen molar-refractivity contribution in [3.8, 4) is 0 Å². The number of halogens is 1. The van der Waals surface area contributed by atoms with Gasteiger partial charge >= 0.3 is 0 Å². The van der Waals surface area contributed by atoms with Gasteiger partial charge in [0.2, 0.25) is 5.91 Å². The smallest absolute Gasteiger partial charge is 0.220 e. The van der Waals surface area contributed by atoms with E-state index in [1.807, 2.05) is 0 Å². The number of ether oxygens (including phenoxy) is 1. The van der Waals surface area contributed by atoms with E-state index in [1.165, 1.54) is 32.1 Å². The lowest BCUT2D eigenvalue weighted by molar-refractivity contribution is -0.145. The highest BCUT2D eigenvalue weighted by Gasteiger charge is 2.55. The fourth-order valence-electron chi connectivity index (χ4n) is 4.77. The lowest BCUT2D eigenvalue weighted by atomic mass is 9.55. The molecule has 3 atom stereocenters. The van der Waals surface area contributed by atoms with E-state index >= 15 is 0 Å². The summed E-state index contributed by atoms with van der Waals surface area (Å²) in [6, 6.07) is 0.709. The molecule has 2 saturated carbocycles. The first-order valence-corrected chi connectivity index (χ1v) is 10.1. The molecule has 7 heteroatoms. The topological polar surface area (TPSA) is 74.8 Å². The summed E-state index contributed by atoms with van der Waals surface area (Å²) in [4.78, 5) is 16.0. The van der Waals surface area contributed by atoms with Crippen LogP contribution in [0.15, 0.2) is 4.99 Å². The van der Waals surface area contributed by atoms with Crippen LogP contribution in [0.1, 0.15) is 65.2 Å². The number of guanidine groups is 1. The molecule has 1 aliphatic heterocycles. The molecule has 1 spiro atoms. The molecule has 2 aliphatic carbocycles. The largest absolute Gasteiger partial charge is 0.378 e. The van der Waals surface area contributed by atoms with Gasteiger partial charge < -0.3 is 20.7 Å². The van der Waals surface area contributed by atoms with Crippen LogP contribution in [0.2, 0.25) is 0 Å². The maximum absolute atomic E-state index is 11.4. The van der Waals surface area contributed by atoms with Crippen molar-refractivity contribution in [2.24, 2.45) is 10.4 Å². The number of nitrogens with one attached hydrogen (secondary N) is 3. The Bertz CT molecular complexity index is 484. The van der Waals surface area contributed by atoms with Crippen LogP contribution in [0.4, 0.5) is 0 Å². The summed E-state index contributed by atoms with van der Waals surface area (Å²) in [5.74, 6) is 1.05. The Hall–Kier alpha value is -0.570. The van der Waals surface area contributed by atoms with Crippen LogP contribution in [0.25, 0.3) is 0 Å². The van der Waals surface area contributed by atoms with Gasteiger partial charge in [-0.05, 0) is 39.5 Å². The maximum atomic E-state index is 11.4. The molecule has 0 aromatic carbocycles. The van der Waals surface area contributed by atoms with Gasteiger partial charge in [0.25, 0.3) is 0 Å². The van der Waals surface area contributed by atoms with Crippen LogP contribution in [0.3, 0.4) is 0 Å². The van der Waals surface area contributed by atoms with E-state index in [4.69, 9.17) is 4.74 Å². The maximum Gasteiger partial charge on any atom is 0.220 e. The third kappa shape index (κ3) is 4.82. The number of nitrogens with zero attached hydrogens (tertiary/aromatic N) is 1. The monoisotopic (exact) mass is 478 g/mol. The van der Waals surface area contributed by atoms with Crippen molar-refractivity contribution in [3.63, 3.8) is 0 Å². The van der Waals surface area contributed by atoms with Crippen LogP contribution in [-0.2, 0) is 9.53 Å². The summed E-state index contributed by atoms with van der Waals surface area (Å²) in [6.45, 7) is 6.39. The highest BCUT2D eigenvalue weighted by atomic mass is 127. The number of rotatable bonds is 5. The van der Waals surface area contributed by atoms with Gasteiger partial charge in [-0.15, -0.1) is 24.0 Å². The van der Waals surface area contributed by atoms with Crippen molar-refractivity contribution in [2.45, 2.75) is 83.4 Å². The molecule has 3 unspecified atom stereocenters. The highest BCUT2D eigenvalue weighted by Crippen LogP contribution is 2.53. The van der Waals surface area contributed by atoms with E-state index < -0.39 is 0 Å². The zero-order valence-electron chi connectivity index (χ0n) is 16.2. The first-order chi connectivity index (χ1) is 12.2. The summed E-state index contributed by atoms with van der Waals surface area (Å²) >= 11 is 0. The predicted molar refractivity (Wildman–Crippen MR) is 115 cm³/mol. The first kappa shape index (κ1) is 21.7. The molecule has 3 rings (SSSR count). The number of carbonyl (C=O) groups excluding carboxylic acids is 1. The number of amides is 1. The average molecular weight is 478 g/mol. The number of hydrogen-bond donors (Lipinski definition) is 3. The lowest BCUT2D eigenvalue weighted by Gasteiger charge is -2.58. The predicted octanol–water partition coefficient (Wildman–Crippen LogP) is 2.57. The van der Waals surface area contributed by atoms with Gasteiger partial charge in [0, 0.05) is 43.6 Å². The van der Waals surface area contributed by atoms with Gasteiger partial charge in [-0.1, -0.05) is 19.3 Å². The Kier molecular flexibility index (Phi) is 8.44. The Morgan fingerprint density at radius 3 is 2.65 bits per heavy atom. The molecule has 1 saturated heterocycles. The second kappa shape index (κ2) is 10.1. The fourth-order valence-corrected chi connectivity index (χ4v) is 4.77. The lowest BCUT2D eigenvalue weighted by Crippen LogP contribution is -2.67. The zero-order valence-corrected chi connectivity index (χ0v) is 18.5. The van der Waals surface area contributed by atoms with Gasteiger partial charge in [-0.2, -0.15) is 0 Å².